The lowest BCUT2D eigenvalue weighted by molar-refractivity contribution is -0.587. The van der Waals surface area contributed by atoms with E-state index in [1.807, 2.05) is 114 Å². The molecule has 0 aliphatic carbocycles. The van der Waals surface area contributed by atoms with Crippen LogP contribution in [0.15, 0.2) is 134 Å². The summed E-state index contributed by atoms with van der Waals surface area (Å²) in [6.07, 6.45) is 1.17. The Bertz CT molecular complexity index is 1530. The molecule has 0 amide bonds. The van der Waals surface area contributed by atoms with Crippen LogP contribution < -0.4 is 9.38 Å². The Morgan fingerprint density at radius 3 is 1.68 bits per heavy atom. The zero-order valence-electron chi connectivity index (χ0n) is 19.8. The van der Waals surface area contributed by atoms with Gasteiger partial charge in [-0.05, 0) is 34.8 Å². The minimum atomic E-state index is -4.41. The Hall–Kier alpha value is -4.78. The van der Waals surface area contributed by atoms with E-state index in [0.29, 0.717) is 22.6 Å². The fourth-order valence-corrected chi connectivity index (χ4v) is 4.61. The number of anilines is 3. The number of rotatable bonds is 5. The number of fused-ring (bicyclic) bond motifs is 1. The van der Waals surface area contributed by atoms with E-state index in [9.17, 15) is 0 Å². The molecule has 0 unspecified atom stereocenters. The summed E-state index contributed by atoms with van der Waals surface area (Å²) in [5.74, 6) is 0.651. The molecule has 4 aromatic carbocycles. The summed E-state index contributed by atoms with van der Waals surface area (Å²) in [6, 6.07) is 39.7. The highest BCUT2D eigenvalue weighted by Crippen LogP contribution is 2.40. The predicted molar refractivity (Wildman–Crippen MR) is 142 cm³/mol. The lowest BCUT2D eigenvalue weighted by Crippen LogP contribution is -2.64. The Labute approximate surface area is 213 Å². The molecule has 180 valence electrons. The van der Waals surface area contributed by atoms with Crippen molar-refractivity contribution in [1.29, 1.82) is 0 Å². The van der Waals surface area contributed by atoms with Crippen molar-refractivity contribution in [3.8, 4) is 0 Å². The maximum absolute atomic E-state index is 15.5. The number of hydrogen-bond acceptors (Lipinski definition) is 3. The van der Waals surface area contributed by atoms with E-state index < -0.39 is 7.04 Å². The molecule has 0 saturated carbocycles. The molecule has 0 fully saturated rings. The molecular formula is C30H22BF2N3O. The summed E-state index contributed by atoms with van der Waals surface area (Å²) in [5.41, 5.74) is 3.97. The first-order valence-electron chi connectivity index (χ1n) is 12.0. The van der Waals surface area contributed by atoms with Crippen LogP contribution in [-0.2, 0) is 4.65 Å². The van der Waals surface area contributed by atoms with Crippen LogP contribution in [0.25, 0.3) is 11.3 Å². The average Bonchev–Trinajstić information content (AvgIpc) is 2.95. The predicted octanol–water partition coefficient (Wildman–Crippen LogP) is 7.01. The molecule has 0 radical (unpaired) electrons. The van der Waals surface area contributed by atoms with Gasteiger partial charge in [-0.2, -0.15) is 0 Å². The van der Waals surface area contributed by atoms with E-state index in [-0.39, 0.29) is 5.76 Å². The average molecular weight is 489 g/mol. The Balaban J connectivity index is 1.63. The summed E-state index contributed by atoms with van der Waals surface area (Å²) in [6.45, 7) is 0. The molecule has 6 rings (SSSR count). The van der Waals surface area contributed by atoms with Gasteiger partial charge in [-0.3, -0.25) is 4.90 Å². The third-order valence-electron chi connectivity index (χ3n) is 6.28. The number of halogens is 2. The van der Waals surface area contributed by atoms with Gasteiger partial charge in [-0.25, -0.2) is 0 Å². The van der Waals surface area contributed by atoms with Crippen LogP contribution in [0.5, 0.6) is 0 Å². The van der Waals surface area contributed by atoms with E-state index in [1.165, 1.54) is 6.33 Å². The molecule has 4 nitrogen and oxygen atoms in total. The molecule has 0 spiro atoms. The van der Waals surface area contributed by atoms with E-state index >= 15 is 8.63 Å². The molecule has 7 heteroatoms. The molecular weight excluding hydrogens is 467 g/mol. The molecule has 1 aliphatic rings. The summed E-state index contributed by atoms with van der Waals surface area (Å²) in [4.78, 5) is 6.44. The van der Waals surface area contributed by atoms with E-state index in [0.717, 1.165) is 21.4 Å². The maximum Gasteiger partial charge on any atom is 0.734 e. The van der Waals surface area contributed by atoms with Crippen molar-refractivity contribution in [2.45, 2.75) is 0 Å². The van der Waals surface area contributed by atoms with E-state index in [2.05, 4.69) is 4.98 Å². The van der Waals surface area contributed by atoms with Crippen LogP contribution in [-0.4, -0.2) is 12.0 Å². The quantitative estimate of drug-likeness (QED) is 0.249. The van der Waals surface area contributed by atoms with Crippen LogP contribution in [0.2, 0.25) is 0 Å². The van der Waals surface area contributed by atoms with Gasteiger partial charge in [0.25, 0.3) is 12.1 Å². The van der Waals surface area contributed by atoms with Crippen LogP contribution in [0.1, 0.15) is 16.8 Å². The molecule has 37 heavy (non-hydrogen) atoms. The minimum Gasteiger partial charge on any atom is -0.622 e. The molecule has 0 saturated heterocycles. The number of aromatic nitrogens is 2. The van der Waals surface area contributed by atoms with Gasteiger partial charge in [0.1, 0.15) is 5.69 Å². The first kappa shape index (κ1) is 22.7. The number of nitrogens with zero attached hydrogens (tertiary/aromatic N) is 3. The Morgan fingerprint density at radius 1 is 0.649 bits per heavy atom. The van der Waals surface area contributed by atoms with Crippen LogP contribution in [0, 0.1) is 0 Å². The molecule has 1 aliphatic heterocycles. The zero-order chi connectivity index (χ0) is 25.2. The van der Waals surface area contributed by atoms with Crippen LogP contribution in [0.4, 0.5) is 25.8 Å². The minimum absolute atomic E-state index is 0.139. The van der Waals surface area contributed by atoms with Crippen molar-refractivity contribution in [2.75, 3.05) is 4.90 Å². The van der Waals surface area contributed by atoms with Gasteiger partial charge in [0.05, 0.1) is 17.4 Å². The summed E-state index contributed by atoms with van der Waals surface area (Å²) in [5, 5.41) is 0. The fourth-order valence-electron chi connectivity index (χ4n) is 4.61. The van der Waals surface area contributed by atoms with Crippen molar-refractivity contribution in [3.63, 3.8) is 0 Å². The van der Waals surface area contributed by atoms with Gasteiger partial charge in [-0.15, -0.1) is 0 Å². The summed E-state index contributed by atoms with van der Waals surface area (Å²) >= 11 is 0. The van der Waals surface area contributed by atoms with E-state index in [1.54, 1.807) is 18.2 Å². The summed E-state index contributed by atoms with van der Waals surface area (Å²) in [7, 11) is -4.41. The molecule has 1 aromatic heterocycles. The third-order valence-corrected chi connectivity index (χ3v) is 6.28. The summed E-state index contributed by atoms with van der Waals surface area (Å²) < 4.78 is 37.3. The largest absolute Gasteiger partial charge is 0.734 e. The number of benzene rings is 4. The second-order valence-corrected chi connectivity index (χ2v) is 8.66. The Morgan fingerprint density at radius 2 is 1.14 bits per heavy atom. The fraction of sp³-hybridized carbons (Fsp3) is 0. The lowest BCUT2D eigenvalue weighted by atomic mass is 9.90. The molecule has 0 N–H and O–H groups in total. The van der Waals surface area contributed by atoms with Crippen molar-refractivity contribution in [3.05, 3.63) is 151 Å². The van der Waals surface area contributed by atoms with Crippen LogP contribution >= 0.6 is 0 Å². The standard InChI is InChI=1S/C30H22BF2N3O/c32-31(33)35-22-34-28(36(25-17-9-3-10-18-25)26-19-11-4-12-20-26)21-27(35)29(23-13-5-1-6-14-23)30(37-31)24-15-7-2-8-16-24/h1-22H. The highest BCUT2D eigenvalue weighted by molar-refractivity contribution is 6.51. The smallest absolute Gasteiger partial charge is 0.622 e. The van der Waals surface area contributed by atoms with Crippen molar-refractivity contribution in [1.82, 2.24) is 4.98 Å². The van der Waals surface area contributed by atoms with Gasteiger partial charge in [0, 0.05) is 16.9 Å². The van der Waals surface area contributed by atoms with Gasteiger partial charge in [0.15, 0.2) is 0 Å². The van der Waals surface area contributed by atoms with Crippen molar-refractivity contribution < 1.29 is 17.8 Å². The third kappa shape index (κ3) is 4.25. The van der Waals surface area contributed by atoms with Crippen molar-refractivity contribution >= 4 is 35.6 Å². The second kappa shape index (κ2) is 9.35. The molecule has 0 atom stereocenters. The lowest BCUT2D eigenvalue weighted by Gasteiger charge is -2.35. The second-order valence-electron chi connectivity index (χ2n) is 8.66. The molecule has 0 bridgehead atoms. The van der Waals surface area contributed by atoms with Gasteiger partial charge in [-0.1, -0.05) is 97.1 Å². The maximum atomic E-state index is 15.5. The van der Waals surface area contributed by atoms with Gasteiger partial charge < -0.3 is 17.8 Å². The van der Waals surface area contributed by atoms with Crippen LogP contribution in [0.3, 0.4) is 0 Å². The zero-order valence-corrected chi connectivity index (χ0v) is 19.8. The first-order valence-corrected chi connectivity index (χ1v) is 12.0. The van der Waals surface area contributed by atoms with Crippen molar-refractivity contribution in [2.24, 2.45) is 0 Å². The highest BCUT2D eigenvalue weighted by atomic mass is 19.3. The normalized spacial score (nSPS) is 14.0. The van der Waals surface area contributed by atoms with E-state index in [4.69, 9.17) is 4.65 Å². The van der Waals surface area contributed by atoms with Gasteiger partial charge >= 0.3 is 7.04 Å². The number of para-hydroxylation sites is 2. The Kier molecular flexibility index (Phi) is 5.73. The first-order chi connectivity index (χ1) is 18.1. The highest BCUT2D eigenvalue weighted by Gasteiger charge is 2.47. The topological polar surface area (TPSA) is 29.2 Å². The molecule has 2 heterocycles. The van der Waals surface area contributed by atoms with Gasteiger partial charge in [0.2, 0.25) is 0 Å². The monoisotopic (exact) mass is 489 g/mol. The number of hydrogen-bond donors (Lipinski definition) is 0. The SMILES string of the molecule is F[B-]1(F)OC(c2ccccc2)=C(c2ccccc2)c2cc(N(c3ccccc3)c3ccccc3)nc[n+]21. The molecule has 5 aromatic rings.